The molecule has 5 nitrogen and oxygen atoms in total. The molecule has 3 N–H and O–H groups in total. The van der Waals surface area contributed by atoms with Crippen LogP contribution in [0, 0.1) is 0 Å². The molecule has 1 amide bonds. The zero-order valence-corrected chi connectivity index (χ0v) is 12.6. The fourth-order valence-corrected chi connectivity index (χ4v) is 2.80. The number of carbonyl (C=O) groups excluding carboxylic acids is 1. The fourth-order valence-electron chi connectivity index (χ4n) is 2.80. The molecule has 1 aromatic heterocycles. The summed E-state index contributed by atoms with van der Waals surface area (Å²) < 4.78 is 1.95. The number of anilines is 1. The van der Waals surface area contributed by atoms with Gasteiger partial charge in [-0.15, -0.1) is 0 Å². The normalized spacial score (nSPS) is 17.3. The van der Waals surface area contributed by atoms with Crippen LogP contribution in [0.3, 0.4) is 0 Å². The molecule has 2 rings (SSSR count). The summed E-state index contributed by atoms with van der Waals surface area (Å²) in [7, 11) is 0. The Morgan fingerprint density at radius 1 is 1.40 bits per heavy atom. The van der Waals surface area contributed by atoms with E-state index in [1.807, 2.05) is 10.8 Å². The predicted molar refractivity (Wildman–Crippen MR) is 81.7 cm³/mol. The van der Waals surface area contributed by atoms with Gasteiger partial charge in [-0.1, -0.05) is 13.8 Å². The van der Waals surface area contributed by atoms with Crippen molar-refractivity contribution in [2.24, 2.45) is 0 Å². The number of amides is 1. The second-order valence-electron chi connectivity index (χ2n) is 5.53. The number of piperidine rings is 1. The first-order valence-corrected chi connectivity index (χ1v) is 7.62. The molecule has 20 heavy (non-hydrogen) atoms. The number of carbonyl (C=O) groups is 1. The number of nitrogens with one attached hydrogen (secondary N) is 1. The van der Waals surface area contributed by atoms with Gasteiger partial charge >= 0.3 is 0 Å². The molecule has 0 bridgehead atoms. The van der Waals surface area contributed by atoms with Crippen LogP contribution in [0.5, 0.6) is 0 Å². The van der Waals surface area contributed by atoms with E-state index in [9.17, 15) is 4.79 Å². The molecule has 0 spiro atoms. The molecule has 0 aromatic carbocycles. The summed E-state index contributed by atoms with van der Waals surface area (Å²) in [4.78, 5) is 14.8. The lowest BCUT2D eigenvalue weighted by Crippen LogP contribution is -2.44. The predicted octanol–water partition coefficient (Wildman–Crippen LogP) is 1.69. The summed E-state index contributed by atoms with van der Waals surface area (Å²) in [6.07, 6.45) is 4.90. The van der Waals surface area contributed by atoms with Gasteiger partial charge < -0.3 is 20.5 Å². The van der Waals surface area contributed by atoms with Gasteiger partial charge in [-0.05, 0) is 31.9 Å². The molecule has 1 saturated heterocycles. The van der Waals surface area contributed by atoms with Crippen molar-refractivity contribution in [2.45, 2.75) is 45.7 Å². The van der Waals surface area contributed by atoms with Gasteiger partial charge in [0.25, 0.3) is 5.91 Å². The van der Waals surface area contributed by atoms with E-state index < -0.39 is 0 Å². The Morgan fingerprint density at radius 2 is 2.10 bits per heavy atom. The molecule has 0 unspecified atom stereocenters. The van der Waals surface area contributed by atoms with E-state index in [0.717, 1.165) is 45.4 Å². The topological polar surface area (TPSA) is 63.3 Å². The lowest BCUT2D eigenvalue weighted by molar-refractivity contribution is 0.0903. The van der Waals surface area contributed by atoms with Crippen molar-refractivity contribution in [2.75, 3.05) is 25.4 Å². The molecule has 0 atom stereocenters. The summed E-state index contributed by atoms with van der Waals surface area (Å²) in [5.41, 5.74) is 7.15. The number of likely N-dealkylation sites (tertiary alicyclic amines) is 1. The zero-order chi connectivity index (χ0) is 14.5. The number of nitrogen functional groups attached to an aromatic ring is 1. The van der Waals surface area contributed by atoms with E-state index in [4.69, 9.17) is 5.73 Å². The van der Waals surface area contributed by atoms with E-state index in [0.29, 0.717) is 11.4 Å². The third kappa shape index (κ3) is 3.54. The zero-order valence-electron chi connectivity index (χ0n) is 12.6. The molecule has 0 saturated carbocycles. The molecule has 1 fully saturated rings. The fraction of sp³-hybridized carbons (Fsp3) is 0.667. The van der Waals surface area contributed by atoms with Crippen LogP contribution >= 0.6 is 0 Å². The lowest BCUT2D eigenvalue weighted by Gasteiger charge is -2.31. The Kier molecular flexibility index (Phi) is 5.06. The van der Waals surface area contributed by atoms with Gasteiger partial charge in [0, 0.05) is 31.9 Å². The van der Waals surface area contributed by atoms with Crippen molar-refractivity contribution in [1.29, 1.82) is 0 Å². The minimum Gasteiger partial charge on any atom is -0.397 e. The first kappa shape index (κ1) is 14.9. The average molecular weight is 278 g/mol. The average Bonchev–Trinajstić information content (AvgIpc) is 2.81. The molecule has 0 radical (unpaired) electrons. The highest BCUT2D eigenvalue weighted by atomic mass is 16.2. The Labute approximate surface area is 121 Å². The van der Waals surface area contributed by atoms with Crippen LogP contribution in [0.15, 0.2) is 12.3 Å². The van der Waals surface area contributed by atoms with Crippen LogP contribution in [0.2, 0.25) is 0 Å². The number of nitrogens with zero attached hydrogens (tertiary/aromatic N) is 2. The largest absolute Gasteiger partial charge is 0.397 e. The second-order valence-corrected chi connectivity index (χ2v) is 5.53. The molecule has 112 valence electrons. The molecule has 5 heteroatoms. The number of aryl methyl sites for hydroxylation is 1. The Morgan fingerprint density at radius 3 is 2.70 bits per heavy atom. The highest BCUT2D eigenvalue weighted by molar-refractivity contribution is 5.94. The van der Waals surface area contributed by atoms with Crippen molar-refractivity contribution in [3.63, 3.8) is 0 Å². The molecule has 1 aliphatic rings. The van der Waals surface area contributed by atoms with Crippen molar-refractivity contribution < 1.29 is 4.79 Å². The number of hydrogen-bond acceptors (Lipinski definition) is 3. The standard InChI is InChI=1S/C15H26N4O/c1-3-7-19-11-12(16)10-14(19)15(20)17-13-5-8-18(4-2)9-6-13/h10-11,13H,3-9,16H2,1-2H3,(H,17,20). The highest BCUT2D eigenvalue weighted by Gasteiger charge is 2.21. The summed E-state index contributed by atoms with van der Waals surface area (Å²) in [5.74, 6) is 0.00472. The lowest BCUT2D eigenvalue weighted by atomic mass is 10.0. The molecule has 1 aliphatic heterocycles. The van der Waals surface area contributed by atoms with Gasteiger partial charge in [0.2, 0.25) is 0 Å². The van der Waals surface area contributed by atoms with Crippen LogP contribution in [0.25, 0.3) is 0 Å². The van der Waals surface area contributed by atoms with E-state index in [1.165, 1.54) is 0 Å². The minimum absolute atomic E-state index is 0.00472. The first-order chi connectivity index (χ1) is 9.63. The number of rotatable bonds is 5. The summed E-state index contributed by atoms with van der Waals surface area (Å²) >= 11 is 0. The van der Waals surface area contributed by atoms with Gasteiger partial charge in [-0.2, -0.15) is 0 Å². The quantitative estimate of drug-likeness (QED) is 0.861. The van der Waals surface area contributed by atoms with Crippen LogP contribution in [-0.4, -0.2) is 41.1 Å². The number of hydrogen-bond donors (Lipinski definition) is 2. The highest BCUT2D eigenvalue weighted by Crippen LogP contribution is 2.14. The van der Waals surface area contributed by atoms with Crippen LogP contribution < -0.4 is 11.1 Å². The van der Waals surface area contributed by atoms with E-state index in [2.05, 4.69) is 24.1 Å². The SMILES string of the molecule is CCCn1cc(N)cc1C(=O)NC1CCN(CC)CC1. The maximum Gasteiger partial charge on any atom is 0.268 e. The molecule has 0 aliphatic carbocycles. The van der Waals surface area contributed by atoms with Crippen LogP contribution in [0.1, 0.15) is 43.6 Å². The number of nitrogens with two attached hydrogens (primary N) is 1. The summed E-state index contributed by atoms with van der Waals surface area (Å²) in [6, 6.07) is 2.06. The van der Waals surface area contributed by atoms with Gasteiger partial charge in [-0.3, -0.25) is 4.79 Å². The number of aromatic nitrogens is 1. The Bertz CT molecular complexity index is 447. The van der Waals surface area contributed by atoms with E-state index in [-0.39, 0.29) is 11.9 Å². The summed E-state index contributed by atoms with van der Waals surface area (Å²) in [6.45, 7) is 8.33. The third-order valence-corrected chi connectivity index (χ3v) is 3.98. The molecule has 2 heterocycles. The maximum absolute atomic E-state index is 12.4. The van der Waals surface area contributed by atoms with Gasteiger partial charge in [-0.25, -0.2) is 0 Å². The van der Waals surface area contributed by atoms with E-state index in [1.54, 1.807) is 6.07 Å². The molecular formula is C15H26N4O. The van der Waals surface area contributed by atoms with Crippen molar-refractivity contribution in [3.8, 4) is 0 Å². The smallest absolute Gasteiger partial charge is 0.268 e. The molecule has 1 aromatic rings. The van der Waals surface area contributed by atoms with Crippen LogP contribution in [-0.2, 0) is 6.54 Å². The minimum atomic E-state index is 0.00472. The van der Waals surface area contributed by atoms with E-state index >= 15 is 0 Å². The Balaban J connectivity index is 1.95. The first-order valence-electron chi connectivity index (χ1n) is 7.62. The second kappa shape index (κ2) is 6.79. The van der Waals surface area contributed by atoms with Gasteiger partial charge in [0.1, 0.15) is 5.69 Å². The Hall–Kier alpha value is -1.49. The van der Waals surface area contributed by atoms with Gasteiger partial charge in [0.15, 0.2) is 0 Å². The monoisotopic (exact) mass is 278 g/mol. The van der Waals surface area contributed by atoms with Crippen LogP contribution in [0.4, 0.5) is 5.69 Å². The maximum atomic E-state index is 12.4. The molecular weight excluding hydrogens is 252 g/mol. The van der Waals surface area contributed by atoms with Crippen molar-refractivity contribution >= 4 is 11.6 Å². The van der Waals surface area contributed by atoms with Crippen molar-refractivity contribution in [3.05, 3.63) is 18.0 Å². The van der Waals surface area contributed by atoms with Crippen molar-refractivity contribution in [1.82, 2.24) is 14.8 Å². The third-order valence-electron chi connectivity index (χ3n) is 3.98. The van der Waals surface area contributed by atoms with Gasteiger partial charge in [0.05, 0.1) is 5.69 Å². The summed E-state index contributed by atoms with van der Waals surface area (Å²) in [5, 5.41) is 3.15.